The van der Waals surface area contributed by atoms with Gasteiger partial charge < -0.3 is 9.14 Å². The van der Waals surface area contributed by atoms with Crippen molar-refractivity contribution in [3.8, 4) is 11.1 Å². The molecule has 1 saturated heterocycles. The van der Waals surface area contributed by atoms with Gasteiger partial charge in [-0.15, -0.1) is 0 Å². The predicted octanol–water partition coefficient (Wildman–Crippen LogP) is 2.83. The molecule has 0 radical (unpaired) electrons. The van der Waals surface area contributed by atoms with E-state index in [1.807, 2.05) is 12.4 Å². The van der Waals surface area contributed by atoms with Crippen LogP contribution in [0.5, 0.6) is 0 Å². The summed E-state index contributed by atoms with van der Waals surface area (Å²) in [7, 11) is 0. The van der Waals surface area contributed by atoms with E-state index in [0.717, 1.165) is 38.5 Å². The van der Waals surface area contributed by atoms with Crippen LogP contribution in [0, 0.1) is 0 Å². The normalized spacial score (nSPS) is 16.2. The molecular weight excluding hydrogens is 274 g/mol. The van der Waals surface area contributed by atoms with Crippen LogP contribution in [0.2, 0.25) is 0 Å². The molecule has 0 aliphatic carbocycles. The van der Waals surface area contributed by atoms with E-state index in [2.05, 4.69) is 56.9 Å². The molecule has 22 heavy (non-hydrogen) atoms. The van der Waals surface area contributed by atoms with E-state index in [-0.39, 0.29) is 0 Å². The number of benzene rings is 1. The SMILES string of the molecule is c1cn2cc(-c3ccc(CN4CCOCC4)cc3)ccc2n1. The van der Waals surface area contributed by atoms with Gasteiger partial charge in [-0.2, -0.15) is 0 Å². The number of morpholine rings is 1. The second-order valence-electron chi connectivity index (χ2n) is 5.70. The van der Waals surface area contributed by atoms with Crippen molar-refractivity contribution < 1.29 is 4.74 Å². The van der Waals surface area contributed by atoms with Crippen LogP contribution in [-0.2, 0) is 11.3 Å². The van der Waals surface area contributed by atoms with Crippen LogP contribution in [-0.4, -0.2) is 40.6 Å². The molecule has 3 heterocycles. The maximum atomic E-state index is 5.39. The molecule has 3 aromatic rings. The summed E-state index contributed by atoms with van der Waals surface area (Å²) in [5.74, 6) is 0. The predicted molar refractivity (Wildman–Crippen MR) is 86.7 cm³/mol. The van der Waals surface area contributed by atoms with Crippen molar-refractivity contribution in [1.29, 1.82) is 0 Å². The van der Waals surface area contributed by atoms with E-state index in [0.29, 0.717) is 0 Å². The fraction of sp³-hybridized carbons (Fsp3) is 0.278. The molecule has 2 aromatic heterocycles. The van der Waals surface area contributed by atoms with Crippen LogP contribution in [0.3, 0.4) is 0 Å². The molecule has 0 spiro atoms. The lowest BCUT2D eigenvalue weighted by atomic mass is 10.1. The van der Waals surface area contributed by atoms with Gasteiger partial charge in [0.15, 0.2) is 0 Å². The first kappa shape index (κ1) is 13.5. The zero-order chi connectivity index (χ0) is 14.8. The van der Waals surface area contributed by atoms with E-state index < -0.39 is 0 Å². The van der Waals surface area contributed by atoms with E-state index in [9.17, 15) is 0 Å². The third kappa shape index (κ3) is 2.75. The van der Waals surface area contributed by atoms with Gasteiger partial charge in [-0.1, -0.05) is 24.3 Å². The van der Waals surface area contributed by atoms with Crippen LogP contribution >= 0.6 is 0 Å². The van der Waals surface area contributed by atoms with Crippen LogP contribution in [0.1, 0.15) is 5.56 Å². The number of pyridine rings is 1. The third-order valence-corrected chi connectivity index (χ3v) is 4.19. The number of imidazole rings is 1. The largest absolute Gasteiger partial charge is 0.379 e. The molecule has 1 aromatic carbocycles. The number of hydrogen-bond donors (Lipinski definition) is 0. The number of ether oxygens (including phenoxy) is 1. The Morgan fingerprint density at radius 2 is 1.73 bits per heavy atom. The minimum absolute atomic E-state index is 0.850. The van der Waals surface area contributed by atoms with Gasteiger partial charge in [-0.25, -0.2) is 4.98 Å². The Hall–Kier alpha value is -2.17. The molecule has 4 nitrogen and oxygen atoms in total. The van der Waals surface area contributed by atoms with Gasteiger partial charge in [-0.3, -0.25) is 4.90 Å². The summed E-state index contributed by atoms with van der Waals surface area (Å²) in [6.07, 6.45) is 5.93. The highest BCUT2D eigenvalue weighted by molar-refractivity contribution is 5.64. The highest BCUT2D eigenvalue weighted by atomic mass is 16.5. The fourth-order valence-corrected chi connectivity index (χ4v) is 2.91. The van der Waals surface area contributed by atoms with Crippen LogP contribution in [0.15, 0.2) is 55.0 Å². The minimum atomic E-state index is 0.850. The smallest absolute Gasteiger partial charge is 0.136 e. The molecule has 4 rings (SSSR count). The quantitative estimate of drug-likeness (QED) is 0.744. The summed E-state index contributed by atoms with van der Waals surface area (Å²) in [5, 5.41) is 0. The molecule has 0 saturated carbocycles. The molecular formula is C18H19N3O. The molecule has 0 amide bonds. The Labute approximate surface area is 130 Å². The van der Waals surface area contributed by atoms with Crippen molar-refractivity contribution in [3.05, 3.63) is 60.6 Å². The standard InChI is InChI=1S/C18H19N3O/c1-3-16(17-5-6-18-19-7-8-21(18)14-17)4-2-15(1)13-20-9-11-22-12-10-20/h1-8,14H,9-13H2. The topological polar surface area (TPSA) is 29.8 Å². The Bertz CT molecular complexity index is 757. The number of fused-ring (bicyclic) bond motifs is 1. The van der Waals surface area contributed by atoms with Crippen molar-refractivity contribution in [1.82, 2.24) is 14.3 Å². The first-order valence-corrected chi connectivity index (χ1v) is 7.71. The van der Waals surface area contributed by atoms with Gasteiger partial charge in [0.2, 0.25) is 0 Å². The second kappa shape index (κ2) is 5.91. The average Bonchev–Trinajstić information content (AvgIpc) is 3.04. The summed E-state index contributed by atoms with van der Waals surface area (Å²) in [6.45, 7) is 4.76. The first-order valence-electron chi connectivity index (χ1n) is 7.71. The highest BCUT2D eigenvalue weighted by Crippen LogP contribution is 2.21. The lowest BCUT2D eigenvalue weighted by Gasteiger charge is -2.26. The van der Waals surface area contributed by atoms with Gasteiger partial charge in [0.1, 0.15) is 5.65 Å². The molecule has 4 heteroatoms. The van der Waals surface area contributed by atoms with Gasteiger partial charge in [0.05, 0.1) is 13.2 Å². The van der Waals surface area contributed by atoms with Gasteiger partial charge >= 0.3 is 0 Å². The molecule has 0 atom stereocenters. The summed E-state index contributed by atoms with van der Waals surface area (Å²) in [5.41, 5.74) is 4.78. The zero-order valence-corrected chi connectivity index (χ0v) is 12.5. The summed E-state index contributed by atoms with van der Waals surface area (Å²) in [4.78, 5) is 6.72. The number of rotatable bonds is 3. The minimum Gasteiger partial charge on any atom is -0.379 e. The maximum absolute atomic E-state index is 5.39. The molecule has 1 aliphatic heterocycles. The number of nitrogens with zero attached hydrogens (tertiary/aromatic N) is 3. The van der Waals surface area contributed by atoms with Gasteiger partial charge in [0.25, 0.3) is 0 Å². The van der Waals surface area contributed by atoms with Crippen molar-refractivity contribution in [2.24, 2.45) is 0 Å². The summed E-state index contributed by atoms with van der Waals surface area (Å²) >= 11 is 0. The summed E-state index contributed by atoms with van der Waals surface area (Å²) in [6, 6.07) is 13.0. The Morgan fingerprint density at radius 1 is 0.955 bits per heavy atom. The highest BCUT2D eigenvalue weighted by Gasteiger charge is 2.10. The van der Waals surface area contributed by atoms with Gasteiger partial charge in [-0.05, 0) is 28.8 Å². The van der Waals surface area contributed by atoms with Crippen LogP contribution < -0.4 is 0 Å². The average molecular weight is 293 g/mol. The fourth-order valence-electron chi connectivity index (χ4n) is 2.91. The number of aromatic nitrogens is 2. The number of hydrogen-bond acceptors (Lipinski definition) is 3. The lowest BCUT2D eigenvalue weighted by Crippen LogP contribution is -2.35. The third-order valence-electron chi connectivity index (χ3n) is 4.19. The van der Waals surface area contributed by atoms with Gasteiger partial charge in [0, 0.05) is 38.2 Å². The molecule has 1 fully saturated rings. The molecule has 0 unspecified atom stereocenters. The molecule has 1 aliphatic rings. The van der Waals surface area contributed by atoms with Crippen molar-refractivity contribution in [2.45, 2.75) is 6.54 Å². The van der Waals surface area contributed by atoms with Crippen LogP contribution in [0.4, 0.5) is 0 Å². The van der Waals surface area contributed by atoms with E-state index in [4.69, 9.17) is 4.74 Å². The molecule has 0 N–H and O–H groups in total. The maximum Gasteiger partial charge on any atom is 0.136 e. The van der Waals surface area contributed by atoms with Crippen molar-refractivity contribution in [2.75, 3.05) is 26.3 Å². The van der Waals surface area contributed by atoms with E-state index in [1.54, 1.807) is 0 Å². The first-order chi connectivity index (χ1) is 10.9. The second-order valence-corrected chi connectivity index (χ2v) is 5.70. The summed E-state index contributed by atoms with van der Waals surface area (Å²) < 4.78 is 7.45. The molecule has 0 bridgehead atoms. The van der Waals surface area contributed by atoms with Crippen molar-refractivity contribution in [3.63, 3.8) is 0 Å². The van der Waals surface area contributed by atoms with Crippen LogP contribution in [0.25, 0.3) is 16.8 Å². The zero-order valence-electron chi connectivity index (χ0n) is 12.5. The molecule has 112 valence electrons. The van der Waals surface area contributed by atoms with Crippen molar-refractivity contribution >= 4 is 5.65 Å². The Morgan fingerprint density at radius 3 is 2.55 bits per heavy atom. The van der Waals surface area contributed by atoms with E-state index >= 15 is 0 Å². The lowest BCUT2D eigenvalue weighted by molar-refractivity contribution is 0.0342. The Balaban J connectivity index is 1.53. The van der Waals surface area contributed by atoms with E-state index in [1.165, 1.54) is 16.7 Å². The Kier molecular flexibility index (Phi) is 3.62. The monoisotopic (exact) mass is 293 g/mol.